The summed E-state index contributed by atoms with van der Waals surface area (Å²) in [6, 6.07) is 68.0. The normalized spacial score (nSPS) is 14.8. The predicted octanol–water partition coefficient (Wildman–Crippen LogP) is 15.2. The van der Waals surface area contributed by atoms with E-state index in [9.17, 15) is 0 Å². The van der Waals surface area contributed by atoms with Crippen LogP contribution in [0.4, 0.5) is 17.1 Å². The number of para-hydroxylation sites is 2. The molecule has 0 radical (unpaired) electrons. The van der Waals surface area contributed by atoms with Gasteiger partial charge in [-0.05, 0) is 121 Å². The summed E-state index contributed by atoms with van der Waals surface area (Å²) in [4.78, 5) is 2.62. The van der Waals surface area contributed by atoms with Gasteiger partial charge in [0, 0.05) is 32.9 Å². The third kappa shape index (κ3) is 4.54. The van der Waals surface area contributed by atoms with Gasteiger partial charge in [-0.1, -0.05) is 149 Å². The number of hydrogen-bond acceptors (Lipinski definition) is 1. The van der Waals surface area contributed by atoms with Gasteiger partial charge in [0.05, 0.1) is 28.1 Å². The van der Waals surface area contributed by atoms with Crippen LogP contribution in [0.5, 0.6) is 0 Å². The first-order valence-corrected chi connectivity index (χ1v) is 20.5. The van der Waals surface area contributed by atoms with Crippen molar-refractivity contribution in [3.63, 3.8) is 0 Å². The van der Waals surface area contributed by atoms with Crippen LogP contribution in [-0.2, 0) is 10.8 Å². The van der Waals surface area contributed by atoms with Crippen LogP contribution in [0.15, 0.2) is 182 Å². The van der Waals surface area contributed by atoms with Crippen molar-refractivity contribution in [2.45, 2.75) is 38.5 Å². The van der Waals surface area contributed by atoms with E-state index in [1.165, 1.54) is 111 Å². The van der Waals surface area contributed by atoms with Gasteiger partial charge in [-0.2, -0.15) is 0 Å². The Hall–Kier alpha value is -6.90. The Morgan fingerprint density at radius 2 is 0.879 bits per heavy atom. The molecule has 0 N–H and O–H groups in total. The van der Waals surface area contributed by atoms with E-state index >= 15 is 0 Å². The van der Waals surface area contributed by atoms with Crippen molar-refractivity contribution in [2.24, 2.45) is 0 Å². The summed E-state index contributed by atoms with van der Waals surface area (Å²) in [7, 11) is 0. The Kier molecular flexibility index (Phi) is 6.78. The molecule has 0 fully saturated rings. The van der Waals surface area contributed by atoms with Gasteiger partial charge in [0.25, 0.3) is 0 Å². The minimum Gasteiger partial charge on any atom is -0.309 e. The molecule has 10 aromatic rings. The topological polar surface area (TPSA) is 8.17 Å². The number of benzene rings is 9. The molecule has 1 aromatic heterocycles. The zero-order valence-electron chi connectivity index (χ0n) is 33.2. The Balaban J connectivity index is 1.18. The Morgan fingerprint density at radius 1 is 0.379 bits per heavy atom. The molecule has 12 rings (SSSR count). The molecule has 0 amide bonds. The van der Waals surface area contributed by atoms with E-state index in [2.05, 4.69) is 219 Å². The van der Waals surface area contributed by atoms with Crippen LogP contribution in [0.2, 0.25) is 0 Å². The van der Waals surface area contributed by atoms with Crippen molar-refractivity contribution in [3.05, 3.63) is 204 Å². The molecular formula is C56H42N2. The fourth-order valence-electron chi connectivity index (χ4n) is 10.5. The van der Waals surface area contributed by atoms with Crippen molar-refractivity contribution in [1.29, 1.82) is 0 Å². The number of nitrogens with zero attached hydrogens (tertiary/aromatic N) is 2. The summed E-state index contributed by atoms with van der Waals surface area (Å²) in [5, 5.41) is 7.63. The van der Waals surface area contributed by atoms with E-state index in [0.717, 1.165) is 0 Å². The molecule has 276 valence electrons. The van der Waals surface area contributed by atoms with E-state index in [1.54, 1.807) is 0 Å². The lowest BCUT2D eigenvalue weighted by Gasteiger charge is -2.50. The standard InChI is InChI=1S/C56H42N2/c1-55(2)46-32-41(39-24-22-35-14-8-10-16-37(35)30-39)26-28-50(46)58-51-29-27-42(40-25-23-36-15-9-11-17-38(36)31-40)33-47(51)56(3,4)52-53-45(34-48(55)54(52)58)44-20-12-13-21-49(44)57(53)43-18-6-5-7-19-43/h5-34H,1-4H3. The SMILES string of the molecule is CC1(C)c2cc(-c3ccc4ccccc4c3)ccc2N2c3ccc(-c4ccc5ccccc5c4)cc3C(C)(C)c3c2c1cc1c2ccccc2n(-c2ccccc2)c31. The summed E-state index contributed by atoms with van der Waals surface area (Å²) in [6.07, 6.45) is 0. The molecule has 0 bridgehead atoms. The molecule has 0 saturated heterocycles. The van der Waals surface area contributed by atoms with Gasteiger partial charge >= 0.3 is 0 Å². The zero-order chi connectivity index (χ0) is 38.9. The highest BCUT2D eigenvalue weighted by Gasteiger charge is 2.47. The van der Waals surface area contributed by atoms with Crippen molar-refractivity contribution in [2.75, 3.05) is 4.90 Å². The maximum atomic E-state index is 2.62. The number of aromatic nitrogens is 1. The Bertz CT molecular complexity index is 3330. The fourth-order valence-corrected chi connectivity index (χ4v) is 10.5. The number of hydrogen-bond donors (Lipinski definition) is 0. The van der Waals surface area contributed by atoms with Crippen LogP contribution in [-0.4, -0.2) is 4.57 Å². The molecule has 58 heavy (non-hydrogen) atoms. The van der Waals surface area contributed by atoms with Crippen molar-refractivity contribution < 1.29 is 0 Å². The first-order valence-electron chi connectivity index (χ1n) is 20.5. The molecule has 2 heteroatoms. The van der Waals surface area contributed by atoms with Crippen LogP contribution in [0.1, 0.15) is 49.9 Å². The van der Waals surface area contributed by atoms with Gasteiger partial charge in [0.1, 0.15) is 0 Å². The van der Waals surface area contributed by atoms with E-state index < -0.39 is 0 Å². The second kappa shape index (κ2) is 11.8. The van der Waals surface area contributed by atoms with Crippen LogP contribution in [0.3, 0.4) is 0 Å². The summed E-state index contributed by atoms with van der Waals surface area (Å²) >= 11 is 0. The number of rotatable bonds is 3. The van der Waals surface area contributed by atoms with Crippen molar-refractivity contribution in [1.82, 2.24) is 4.57 Å². The van der Waals surface area contributed by atoms with Crippen LogP contribution < -0.4 is 4.90 Å². The second-order valence-corrected chi connectivity index (χ2v) is 17.4. The molecule has 0 spiro atoms. The molecule has 0 aliphatic carbocycles. The lowest BCUT2D eigenvalue weighted by molar-refractivity contribution is 0.601. The van der Waals surface area contributed by atoms with Gasteiger partial charge in [0.15, 0.2) is 0 Å². The molecule has 0 unspecified atom stereocenters. The minimum atomic E-state index is -0.345. The van der Waals surface area contributed by atoms with Gasteiger partial charge in [-0.25, -0.2) is 0 Å². The highest BCUT2D eigenvalue weighted by Crippen LogP contribution is 2.63. The van der Waals surface area contributed by atoms with Crippen LogP contribution >= 0.6 is 0 Å². The fraction of sp³-hybridized carbons (Fsp3) is 0.107. The summed E-state index contributed by atoms with van der Waals surface area (Å²) in [5.41, 5.74) is 17.3. The Labute approximate surface area is 339 Å². The van der Waals surface area contributed by atoms with Gasteiger partial charge in [-0.15, -0.1) is 0 Å². The molecule has 2 nitrogen and oxygen atoms in total. The molecule has 9 aromatic carbocycles. The monoisotopic (exact) mass is 742 g/mol. The van der Waals surface area contributed by atoms with E-state index in [0.29, 0.717) is 0 Å². The molecule has 0 saturated carbocycles. The van der Waals surface area contributed by atoms with Crippen LogP contribution in [0.25, 0.3) is 71.3 Å². The average molecular weight is 743 g/mol. The minimum absolute atomic E-state index is 0.286. The highest BCUT2D eigenvalue weighted by atomic mass is 15.2. The first kappa shape index (κ1) is 33.3. The second-order valence-electron chi connectivity index (χ2n) is 17.4. The van der Waals surface area contributed by atoms with Gasteiger partial charge in [-0.3, -0.25) is 0 Å². The third-order valence-electron chi connectivity index (χ3n) is 13.5. The molecule has 2 aliphatic heterocycles. The highest BCUT2D eigenvalue weighted by molar-refractivity contribution is 6.14. The lowest BCUT2D eigenvalue weighted by atomic mass is 9.65. The smallest absolute Gasteiger partial charge is 0.0603 e. The largest absolute Gasteiger partial charge is 0.309 e. The quantitative estimate of drug-likeness (QED) is 0.175. The van der Waals surface area contributed by atoms with E-state index in [-0.39, 0.29) is 10.8 Å². The van der Waals surface area contributed by atoms with Gasteiger partial charge < -0.3 is 9.47 Å². The maximum Gasteiger partial charge on any atom is 0.0603 e. The molecule has 2 aliphatic rings. The van der Waals surface area contributed by atoms with Crippen LogP contribution in [0, 0.1) is 0 Å². The molecule has 3 heterocycles. The summed E-state index contributed by atoms with van der Waals surface area (Å²) < 4.78 is 2.53. The maximum absolute atomic E-state index is 2.62. The number of anilines is 3. The summed E-state index contributed by atoms with van der Waals surface area (Å²) in [6.45, 7) is 9.80. The average Bonchev–Trinajstić information content (AvgIpc) is 3.59. The zero-order valence-corrected chi connectivity index (χ0v) is 33.2. The van der Waals surface area contributed by atoms with E-state index in [4.69, 9.17) is 0 Å². The number of fused-ring (bicyclic) bond motifs is 10. The first-order chi connectivity index (χ1) is 28.3. The summed E-state index contributed by atoms with van der Waals surface area (Å²) in [5.74, 6) is 0. The molecular weight excluding hydrogens is 701 g/mol. The Morgan fingerprint density at radius 3 is 1.50 bits per heavy atom. The van der Waals surface area contributed by atoms with Crippen molar-refractivity contribution in [3.8, 4) is 27.9 Å². The van der Waals surface area contributed by atoms with Crippen molar-refractivity contribution >= 4 is 60.4 Å². The van der Waals surface area contributed by atoms with Gasteiger partial charge in [0.2, 0.25) is 0 Å². The predicted molar refractivity (Wildman–Crippen MR) is 246 cm³/mol. The molecule has 0 atom stereocenters. The third-order valence-corrected chi connectivity index (χ3v) is 13.5. The van der Waals surface area contributed by atoms with E-state index in [1.807, 2.05) is 0 Å². The lowest BCUT2D eigenvalue weighted by Crippen LogP contribution is -2.38.